The zero-order valence-corrected chi connectivity index (χ0v) is 39.8. The molecule has 2 fully saturated rings. The maximum atomic E-state index is 12.8. The van der Waals surface area contributed by atoms with Crippen LogP contribution in [0.1, 0.15) is 51.0 Å². The number of carbonyl (C=O) groups is 4. The van der Waals surface area contributed by atoms with Crippen molar-refractivity contribution in [3.05, 3.63) is 145 Å². The number of para-hydroxylation sites is 2. The van der Waals surface area contributed by atoms with Crippen LogP contribution in [0.4, 0.5) is 52.7 Å². The Bertz CT molecular complexity index is 2630. The molecule has 4 aromatic rings. The van der Waals surface area contributed by atoms with Gasteiger partial charge >= 0.3 is 48.6 Å². The lowest BCUT2D eigenvalue weighted by atomic mass is 10.1. The minimum Gasteiger partial charge on any atom is -0.457 e. The second-order valence-electron chi connectivity index (χ2n) is 18.0. The van der Waals surface area contributed by atoms with Gasteiger partial charge in [-0.25, -0.2) is 9.59 Å². The number of hydrogen-bond acceptors (Lipinski definition) is 12. The fourth-order valence-electron chi connectivity index (χ4n) is 7.74. The molecule has 0 amide bonds. The number of nitrogens with zero attached hydrogens (tertiary/aromatic N) is 2. The van der Waals surface area contributed by atoms with E-state index in [1.807, 2.05) is 12.1 Å². The molecule has 6 rings (SSSR count). The minimum absolute atomic E-state index is 0.314. The highest BCUT2D eigenvalue weighted by Gasteiger charge is 2.64. The Morgan fingerprint density at radius 3 is 1.07 bits per heavy atom. The molecule has 24 heteroatoms. The summed E-state index contributed by atoms with van der Waals surface area (Å²) >= 11 is 0. The number of benzene rings is 4. The molecule has 0 aromatic heterocycles. The van der Waals surface area contributed by atoms with E-state index in [0.29, 0.717) is 46.3 Å². The van der Waals surface area contributed by atoms with Gasteiger partial charge in [0.25, 0.3) is 12.2 Å². The van der Waals surface area contributed by atoms with Crippen LogP contribution in [-0.4, -0.2) is 60.8 Å². The highest BCUT2D eigenvalue weighted by molar-refractivity contribution is 5.84. The van der Waals surface area contributed by atoms with Gasteiger partial charge in [0, 0.05) is 23.3 Å². The van der Waals surface area contributed by atoms with Crippen LogP contribution in [0.2, 0.25) is 0 Å². The molecule has 4 aromatic carbocycles. The van der Waals surface area contributed by atoms with Crippen molar-refractivity contribution in [2.75, 3.05) is 0 Å². The van der Waals surface area contributed by atoms with Crippen molar-refractivity contribution in [3.63, 3.8) is 0 Å². The van der Waals surface area contributed by atoms with Gasteiger partial charge in [-0.3, -0.25) is 9.59 Å². The van der Waals surface area contributed by atoms with E-state index in [9.17, 15) is 82.4 Å². The van der Waals surface area contributed by atoms with Gasteiger partial charge in [0.1, 0.15) is 35.1 Å². The molecular weight excluding hydrogens is 1040 g/mol. The van der Waals surface area contributed by atoms with Crippen LogP contribution in [0.3, 0.4) is 0 Å². The summed E-state index contributed by atoms with van der Waals surface area (Å²) in [5.74, 6) is -6.90. The van der Waals surface area contributed by atoms with E-state index in [-0.39, 0.29) is 0 Å². The van der Waals surface area contributed by atoms with Crippen LogP contribution in [-0.2, 0) is 38.1 Å². The molecule has 0 bridgehead atoms. The molecule has 6 unspecified atom stereocenters. The van der Waals surface area contributed by atoms with Gasteiger partial charge in [0.2, 0.25) is 12.2 Å². The standard InChI is InChI=1S/2C26H21F6NO5/c2*1-24(2)18(11-12-20(34)38-23(25(27,28)29)26(30,31)32)21(24)22(35)37-19(14-33)15-7-6-10-17(13-15)36-16-8-4-3-5-9-16/h2*3-13,18-19,21,23H,1-2H3/b2*12-11-. The summed E-state index contributed by atoms with van der Waals surface area (Å²) in [5.41, 5.74) is -1.07. The molecular formula is C52H42F12N2O10. The SMILES string of the molecule is CC1(C)C(/C=C\C(=O)OC(C(F)(F)F)C(F)(F)F)C1C(=O)OC(C#N)c1cccc(Oc2ccccc2)c1.CC1(C)C(/C=C\C(=O)OC(C(F)(F)F)C(F)(F)F)C1C(=O)OC(C#N)c1cccc(Oc2ccccc2)c1. The Balaban J connectivity index is 0.000000281. The number of ether oxygens (including phenoxy) is 6. The Kier molecular flexibility index (Phi) is 18.0. The molecule has 0 N–H and O–H groups in total. The molecule has 2 aliphatic rings. The molecule has 0 saturated heterocycles. The van der Waals surface area contributed by atoms with E-state index in [1.54, 1.807) is 125 Å². The van der Waals surface area contributed by atoms with Crippen LogP contribution in [0, 0.1) is 57.2 Å². The second-order valence-corrected chi connectivity index (χ2v) is 18.0. The van der Waals surface area contributed by atoms with Crippen LogP contribution in [0.25, 0.3) is 0 Å². The number of nitriles is 2. The normalized spacial score (nSPS) is 19.5. The summed E-state index contributed by atoms with van der Waals surface area (Å²) in [6.07, 6.45) is -31.8. The third-order valence-electron chi connectivity index (χ3n) is 11.8. The fraction of sp³-hybridized carbons (Fsp3) is 0.346. The number of hydrogen-bond donors (Lipinski definition) is 0. The summed E-state index contributed by atoms with van der Waals surface area (Å²) in [6.45, 7) is 6.35. The zero-order chi connectivity index (χ0) is 56.6. The van der Waals surface area contributed by atoms with Gasteiger partial charge in [-0.05, 0) is 71.2 Å². The third-order valence-corrected chi connectivity index (χ3v) is 11.8. The van der Waals surface area contributed by atoms with Crippen molar-refractivity contribution in [1.82, 2.24) is 0 Å². The lowest BCUT2D eigenvalue weighted by molar-refractivity contribution is -0.312. The number of alkyl halides is 12. The van der Waals surface area contributed by atoms with Crippen LogP contribution >= 0.6 is 0 Å². The summed E-state index contributed by atoms with van der Waals surface area (Å²) in [5, 5.41) is 19.1. The van der Waals surface area contributed by atoms with Crippen molar-refractivity contribution in [2.24, 2.45) is 34.5 Å². The first kappa shape index (κ1) is 58.9. The van der Waals surface area contributed by atoms with E-state index in [2.05, 4.69) is 9.47 Å². The molecule has 0 spiro atoms. The summed E-state index contributed by atoms with van der Waals surface area (Å²) in [6, 6.07) is 33.9. The predicted octanol–water partition coefficient (Wildman–Crippen LogP) is 12.9. The predicted molar refractivity (Wildman–Crippen MR) is 239 cm³/mol. The van der Waals surface area contributed by atoms with Crippen molar-refractivity contribution in [2.45, 2.75) is 76.8 Å². The van der Waals surface area contributed by atoms with Crippen LogP contribution < -0.4 is 9.47 Å². The van der Waals surface area contributed by atoms with Gasteiger partial charge < -0.3 is 28.4 Å². The topological polar surface area (TPSA) is 171 Å². The Labute approximate surface area is 425 Å². The third kappa shape index (κ3) is 15.5. The summed E-state index contributed by atoms with van der Waals surface area (Å²) in [7, 11) is 0. The maximum Gasteiger partial charge on any atom is 0.434 e. The summed E-state index contributed by atoms with van der Waals surface area (Å²) in [4.78, 5) is 48.9. The Morgan fingerprint density at radius 1 is 0.474 bits per heavy atom. The molecule has 0 heterocycles. The average Bonchev–Trinajstić information content (AvgIpc) is 4.12. The first-order chi connectivity index (χ1) is 35.3. The first-order valence-corrected chi connectivity index (χ1v) is 22.2. The lowest BCUT2D eigenvalue weighted by Crippen LogP contribution is -2.45. The quantitative estimate of drug-likeness (QED) is 0.0451. The van der Waals surface area contributed by atoms with Gasteiger partial charge in [0.05, 0.1) is 11.8 Å². The largest absolute Gasteiger partial charge is 0.457 e. The number of rotatable bonds is 16. The number of allylic oxidation sites excluding steroid dienone is 2. The molecule has 6 atom stereocenters. The van der Waals surface area contributed by atoms with Gasteiger partial charge in [-0.1, -0.05) is 101 Å². The highest BCUT2D eigenvalue weighted by atomic mass is 19.4. The van der Waals surface area contributed by atoms with Gasteiger partial charge in [-0.15, -0.1) is 0 Å². The smallest absolute Gasteiger partial charge is 0.434 e. The van der Waals surface area contributed by atoms with Crippen molar-refractivity contribution >= 4 is 23.9 Å². The van der Waals surface area contributed by atoms with E-state index in [4.69, 9.17) is 18.9 Å². The second kappa shape index (κ2) is 23.3. The fourth-order valence-corrected chi connectivity index (χ4v) is 7.74. The Hall–Kier alpha value is -8.02. The van der Waals surface area contributed by atoms with Crippen LogP contribution in [0.5, 0.6) is 23.0 Å². The molecule has 0 aliphatic heterocycles. The Morgan fingerprint density at radius 2 is 0.776 bits per heavy atom. The number of halogens is 12. The van der Waals surface area contributed by atoms with Crippen molar-refractivity contribution in [3.8, 4) is 35.1 Å². The number of esters is 4. The van der Waals surface area contributed by atoms with E-state index >= 15 is 0 Å². The molecule has 0 radical (unpaired) electrons. The van der Waals surface area contributed by atoms with E-state index in [1.165, 1.54) is 12.1 Å². The molecule has 404 valence electrons. The van der Waals surface area contributed by atoms with Gasteiger partial charge in [0.15, 0.2) is 0 Å². The first-order valence-electron chi connectivity index (χ1n) is 22.2. The minimum atomic E-state index is -5.84. The molecule has 2 aliphatic carbocycles. The zero-order valence-electron chi connectivity index (χ0n) is 39.8. The lowest BCUT2D eigenvalue weighted by Gasteiger charge is -2.22. The van der Waals surface area contributed by atoms with Gasteiger partial charge in [-0.2, -0.15) is 63.2 Å². The molecule has 12 nitrogen and oxygen atoms in total. The monoisotopic (exact) mass is 1080 g/mol. The summed E-state index contributed by atoms with van der Waals surface area (Å²) < 4.78 is 180. The molecule has 76 heavy (non-hydrogen) atoms. The average molecular weight is 1080 g/mol. The molecule has 2 saturated carbocycles. The highest BCUT2D eigenvalue weighted by Crippen LogP contribution is 2.61. The van der Waals surface area contributed by atoms with E-state index in [0.717, 1.165) is 12.2 Å². The maximum absolute atomic E-state index is 12.8. The van der Waals surface area contributed by atoms with Crippen molar-refractivity contribution < 1.29 is 100 Å². The van der Waals surface area contributed by atoms with Crippen LogP contribution in [0.15, 0.2) is 133 Å². The van der Waals surface area contributed by atoms with E-state index < -0.39 is 107 Å². The number of carbonyl (C=O) groups excluding carboxylic acids is 4. The van der Waals surface area contributed by atoms with Crippen molar-refractivity contribution in [1.29, 1.82) is 10.5 Å².